The third-order valence-electron chi connectivity index (χ3n) is 3.95. The van der Waals surface area contributed by atoms with E-state index in [4.69, 9.17) is 9.47 Å². The van der Waals surface area contributed by atoms with E-state index in [1.54, 1.807) is 18.3 Å². The molecule has 5 heteroatoms. The lowest BCUT2D eigenvalue weighted by Crippen LogP contribution is -2.17. The lowest BCUT2D eigenvalue weighted by Gasteiger charge is -2.06. The summed E-state index contributed by atoms with van der Waals surface area (Å²) >= 11 is 0. The molecule has 0 aliphatic carbocycles. The molecule has 0 bridgehead atoms. The molecule has 144 valence electrons. The van der Waals surface area contributed by atoms with Crippen LogP contribution < -0.4 is 14.9 Å². The van der Waals surface area contributed by atoms with E-state index in [1.807, 2.05) is 43.3 Å². The number of amides is 1. The van der Waals surface area contributed by atoms with Crippen LogP contribution in [0.25, 0.3) is 0 Å². The SMILES string of the molecule is CCCCCCOc1ccc(C(=O)NN=Cc2ccc(OCC)cc2)cc1. The van der Waals surface area contributed by atoms with Gasteiger partial charge >= 0.3 is 0 Å². The summed E-state index contributed by atoms with van der Waals surface area (Å²) < 4.78 is 11.1. The highest BCUT2D eigenvalue weighted by Gasteiger charge is 2.04. The molecule has 1 amide bonds. The number of rotatable bonds is 11. The van der Waals surface area contributed by atoms with Gasteiger partial charge in [-0.3, -0.25) is 4.79 Å². The van der Waals surface area contributed by atoms with Crippen LogP contribution in [0, 0.1) is 0 Å². The summed E-state index contributed by atoms with van der Waals surface area (Å²) in [5.41, 5.74) is 3.95. The molecule has 0 saturated carbocycles. The summed E-state index contributed by atoms with van der Waals surface area (Å²) in [6.45, 7) is 5.47. The topological polar surface area (TPSA) is 59.9 Å². The van der Waals surface area contributed by atoms with Crippen molar-refractivity contribution in [1.82, 2.24) is 5.43 Å². The Morgan fingerprint density at radius 3 is 2.26 bits per heavy atom. The van der Waals surface area contributed by atoms with Crippen LogP contribution in [0.15, 0.2) is 53.6 Å². The van der Waals surface area contributed by atoms with Crippen LogP contribution in [0.4, 0.5) is 0 Å². The van der Waals surface area contributed by atoms with Crippen molar-refractivity contribution in [2.75, 3.05) is 13.2 Å². The fourth-order valence-corrected chi connectivity index (χ4v) is 2.47. The molecule has 0 fully saturated rings. The molecule has 5 nitrogen and oxygen atoms in total. The Labute approximate surface area is 161 Å². The molecule has 2 aromatic carbocycles. The second-order valence-electron chi connectivity index (χ2n) is 6.13. The quantitative estimate of drug-likeness (QED) is 0.352. The van der Waals surface area contributed by atoms with Gasteiger partial charge in [0.1, 0.15) is 11.5 Å². The molecule has 0 unspecified atom stereocenters. The summed E-state index contributed by atoms with van der Waals surface area (Å²) in [6.07, 6.45) is 6.28. The van der Waals surface area contributed by atoms with Crippen molar-refractivity contribution in [3.8, 4) is 11.5 Å². The Bertz CT molecular complexity index is 709. The van der Waals surface area contributed by atoms with Crippen molar-refractivity contribution in [2.24, 2.45) is 5.10 Å². The third kappa shape index (κ3) is 7.52. The van der Waals surface area contributed by atoms with E-state index in [0.717, 1.165) is 23.5 Å². The van der Waals surface area contributed by atoms with Crippen LogP contribution >= 0.6 is 0 Å². The molecule has 0 aliphatic heterocycles. The summed E-state index contributed by atoms with van der Waals surface area (Å²) in [5.74, 6) is 1.33. The number of unbranched alkanes of at least 4 members (excludes halogenated alkanes) is 3. The molecule has 0 aromatic heterocycles. The summed E-state index contributed by atoms with van der Waals surface area (Å²) in [7, 11) is 0. The first kappa shape index (κ1) is 20.5. The summed E-state index contributed by atoms with van der Waals surface area (Å²) in [6, 6.07) is 14.6. The lowest BCUT2D eigenvalue weighted by atomic mass is 10.2. The van der Waals surface area contributed by atoms with Crippen molar-refractivity contribution in [2.45, 2.75) is 39.5 Å². The van der Waals surface area contributed by atoms with Crippen LogP contribution in [0.1, 0.15) is 55.5 Å². The van der Waals surface area contributed by atoms with Gasteiger partial charge in [-0.15, -0.1) is 0 Å². The van der Waals surface area contributed by atoms with Gasteiger partial charge < -0.3 is 9.47 Å². The Balaban J connectivity index is 1.78. The molecule has 0 saturated heterocycles. The predicted octanol–water partition coefficient (Wildman–Crippen LogP) is 4.81. The Morgan fingerprint density at radius 1 is 0.926 bits per heavy atom. The second kappa shape index (κ2) is 11.7. The minimum atomic E-state index is -0.258. The van der Waals surface area contributed by atoms with Gasteiger partial charge in [0.2, 0.25) is 0 Å². The normalized spacial score (nSPS) is 10.7. The van der Waals surface area contributed by atoms with E-state index in [9.17, 15) is 4.79 Å². The van der Waals surface area contributed by atoms with Gasteiger partial charge in [-0.2, -0.15) is 5.10 Å². The van der Waals surface area contributed by atoms with Gasteiger partial charge in [0.05, 0.1) is 19.4 Å². The van der Waals surface area contributed by atoms with E-state index >= 15 is 0 Å². The van der Waals surface area contributed by atoms with Crippen LogP contribution in [0.5, 0.6) is 11.5 Å². The number of nitrogens with zero attached hydrogens (tertiary/aromatic N) is 1. The van der Waals surface area contributed by atoms with Crippen molar-refractivity contribution >= 4 is 12.1 Å². The number of hydrazone groups is 1. The van der Waals surface area contributed by atoms with Crippen molar-refractivity contribution in [1.29, 1.82) is 0 Å². The smallest absolute Gasteiger partial charge is 0.271 e. The van der Waals surface area contributed by atoms with Crippen LogP contribution in [-0.2, 0) is 0 Å². The molecule has 0 radical (unpaired) electrons. The molecule has 1 N–H and O–H groups in total. The molecular weight excluding hydrogens is 340 g/mol. The number of nitrogens with one attached hydrogen (secondary N) is 1. The zero-order chi connectivity index (χ0) is 19.3. The van der Waals surface area contributed by atoms with Gasteiger partial charge in [-0.1, -0.05) is 26.2 Å². The molecule has 0 spiro atoms. The largest absolute Gasteiger partial charge is 0.494 e. The molecule has 0 aliphatic rings. The molecule has 0 atom stereocenters. The molecular formula is C22H28N2O3. The monoisotopic (exact) mass is 368 g/mol. The molecule has 2 rings (SSSR count). The molecule has 0 heterocycles. The lowest BCUT2D eigenvalue weighted by molar-refractivity contribution is 0.0955. The maximum absolute atomic E-state index is 12.1. The first-order chi connectivity index (χ1) is 13.2. The number of ether oxygens (including phenoxy) is 2. The van der Waals surface area contributed by atoms with Gasteiger partial charge in [-0.05, 0) is 67.4 Å². The average molecular weight is 368 g/mol. The average Bonchev–Trinajstić information content (AvgIpc) is 2.70. The first-order valence-corrected chi connectivity index (χ1v) is 9.52. The Morgan fingerprint density at radius 2 is 1.59 bits per heavy atom. The van der Waals surface area contributed by atoms with Gasteiger partial charge in [0.15, 0.2) is 0 Å². The van der Waals surface area contributed by atoms with Gasteiger partial charge in [0.25, 0.3) is 5.91 Å². The van der Waals surface area contributed by atoms with E-state index in [2.05, 4.69) is 17.5 Å². The predicted molar refractivity (Wildman–Crippen MR) is 109 cm³/mol. The van der Waals surface area contributed by atoms with Crippen molar-refractivity contribution in [3.63, 3.8) is 0 Å². The minimum absolute atomic E-state index is 0.258. The minimum Gasteiger partial charge on any atom is -0.494 e. The standard InChI is InChI=1S/C22H28N2O3/c1-3-5-6-7-16-27-21-14-10-19(11-15-21)22(25)24-23-17-18-8-12-20(13-9-18)26-4-2/h8-15,17H,3-7,16H2,1-2H3,(H,24,25). The maximum atomic E-state index is 12.1. The van der Waals surface area contributed by atoms with Crippen LogP contribution in [0.3, 0.4) is 0 Å². The molecule has 2 aromatic rings. The van der Waals surface area contributed by atoms with E-state index in [-0.39, 0.29) is 5.91 Å². The first-order valence-electron chi connectivity index (χ1n) is 9.52. The van der Waals surface area contributed by atoms with E-state index < -0.39 is 0 Å². The fraction of sp³-hybridized carbons (Fsp3) is 0.364. The number of carbonyl (C=O) groups excluding carboxylic acids is 1. The summed E-state index contributed by atoms with van der Waals surface area (Å²) in [4.78, 5) is 12.1. The van der Waals surface area contributed by atoms with Crippen molar-refractivity contribution in [3.05, 3.63) is 59.7 Å². The Hall–Kier alpha value is -2.82. The number of benzene rings is 2. The van der Waals surface area contributed by atoms with Crippen molar-refractivity contribution < 1.29 is 14.3 Å². The van der Waals surface area contributed by atoms with E-state index in [1.165, 1.54) is 19.3 Å². The third-order valence-corrected chi connectivity index (χ3v) is 3.95. The van der Waals surface area contributed by atoms with E-state index in [0.29, 0.717) is 18.8 Å². The second-order valence-corrected chi connectivity index (χ2v) is 6.13. The molecule has 27 heavy (non-hydrogen) atoms. The number of hydrogen-bond donors (Lipinski definition) is 1. The highest BCUT2D eigenvalue weighted by Crippen LogP contribution is 2.13. The maximum Gasteiger partial charge on any atom is 0.271 e. The fourth-order valence-electron chi connectivity index (χ4n) is 2.47. The zero-order valence-electron chi connectivity index (χ0n) is 16.1. The van der Waals surface area contributed by atoms with Crippen LogP contribution in [0.2, 0.25) is 0 Å². The Kier molecular flexibility index (Phi) is 8.90. The van der Waals surface area contributed by atoms with Crippen LogP contribution in [-0.4, -0.2) is 25.3 Å². The zero-order valence-corrected chi connectivity index (χ0v) is 16.1. The van der Waals surface area contributed by atoms with Gasteiger partial charge in [0, 0.05) is 5.56 Å². The summed E-state index contributed by atoms with van der Waals surface area (Å²) in [5, 5.41) is 4.00. The number of hydrogen-bond acceptors (Lipinski definition) is 4. The highest BCUT2D eigenvalue weighted by atomic mass is 16.5. The highest BCUT2D eigenvalue weighted by molar-refractivity contribution is 5.95. The van der Waals surface area contributed by atoms with Gasteiger partial charge in [-0.25, -0.2) is 5.43 Å². The number of carbonyl (C=O) groups is 1.